The molecule has 2 N–H and O–H groups in total. The summed E-state index contributed by atoms with van der Waals surface area (Å²) >= 11 is 0. The number of carboxylic acid groups (broad SMARTS) is 1. The van der Waals surface area contributed by atoms with Crippen LogP contribution in [0.1, 0.15) is 5.56 Å². The van der Waals surface area contributed by atoms with Gasteiger partial charge in [-0.3, -0.25) is 4.79 Å². The normalized spacial score (nSPS) is 15.0. The van der Waals surface area contributed by atoms with E-state index in [2.05, 4.69) is 14.5 Å². The Labute approximate surface area is 205 Å². The summed E-state index contributed by atoms with van der Waals surface area (Å²) in [5.74, 6) is -0.378. The first-order valence-corrected chi connectivity index (χ1v) is 12.9. The van der Waals surface area contributed by atoms with Gasteiger partial charge in [-0.15, -0.1) is 0 Å². The zero-order chi connectivity index (χ0) is 24.8. The number of benzene rings is 3. The smallest absolute Gasteiger partial charge is 0.322 e. The molecule has 9 heteroatoms. The van der Waals surface area contributed by atoms with Crippen LogP contribution in [0, 0.1) is 0 Å². The van der Waals surface area contributed by atoms with Gasteiger partial charge in [-0.25, -0.2) is 8.42 Å². The number of rotatable bonds is 9. The largest absolute Gasteiger partial charge is 0.495 e. The van der Waals surface area contributed by atoms with E-state index < -0.39 is 22.0 Å². The van der Waals surface area contributed by atoms with Gasteiger partial charge in [0.25, 0.3) is 0 Å². The molecule has 4 rings (SSSR count). The van der Waals surface area contributed by atoms with E-state index in [0.29, 0.717) is 0 Å². The molecule has 1 fully saturated rings. The minimum Gasteiger partial charge on any atom is -0.495 e. The van der Waals surface area contributed by atoms with Crippen molar-refractivity contribution < 1.29 is 23.1 Å². The lowest BCUT2D eigenvalue weighted by molar-refractivity contribution is -0.138. The molecular formula is C26H29N3O5S. The average molecular weight is 496 g/mol. The fraction of sp³-hybridized carbons (Fsp3) is 0.269. The highest BCUT2D eigenvalue weighted by atomic mass is 32.2. The molecule has 0 aliphatic carbocycles. The molecule has 0 aromatic heterocycles. The van der Waals surface area contributed by atoms with E-state index in [4.69, 9.17) is 4.74 Å². The molecule has 8 nitrogen and oxygen atoms in total. The highest BCUT2D eigenvalue weighted by Crippen LogP contribution is 2.29. The Morgan fingerprint density at radius 3 is 2.14 bits per heavy atom. The standard InChI is InChI=1S/C26H29N3O5S/c1-34-25-10-6-5-9-24(25)29-17-15-28(16-18-29)21-11-13-22(14-12-21)35(32,33)27-23(26(30)31)19-20-7-3-2-4-8-20/h2-14,23,27H,15-19H2,1H3,(H,30,31). The van der Waals surface area contributed by atoms with Gasteiger partial charge in [0.2, 0.25) is 10.0 Å². The van der Waals surface area contributed by atoms with E-state index >= 15 is 0 Å². The third kappa shape index (κ3) is 5.93. The monoisotopic (exact) mass is 495 g/mol. The maximum atomic E-state index is 12.9. The molecule has 3 aromatic rings. The van der Waals surface area contributed by atoms with Crippen molar-refractivity contribution in [2.45, 2.75) is 17.4 Å². The van der Waals surface area contributed by atoms with Crippen LogP contribution in [0.15, 0.2) is 83.8 Å². The second-order valence-corrected chi connectivity index (χ2v) is 10.1. The Morgan fingerprint density at radius 1 is 0.914 bits per heavy atom. The lowest BCUT2D eigenvalue weighted by atomic mass is 10.1. The summed E-state index contributed by atoms with van der Waals surface area (Å²) in [7, 11) is -2.33. The van der Waals surface area contributed by atoms with Gasteiger partial charge in [-0.2, -0.15) is 4.72 Å². The molecule has 0 bridgehead atoms. The van der Waals surface area contributed by atoms with Crippen LogP contribution in [-0.4, -0.2) is 58.8 Å². The van der Waals surface area contributed by atoms with Crippen LogP contribution in [0.25, 0.3) is 0 Å². The van der Waals surface area contributed by atoms with Gasteiger partial charge in [0.1, 0.15) is 11.8 Å². The summed E-state index contributed by atoms with van der Waals surface area (Å²) in [5.41, 5.74) is 2.72. The van der Waals surface area contributed by atoms with Gasteiger partial charge >= 0.3 is 5.97 Å². The molecular weight excluding hydrogens is 466 g/mol. The number of para-hydroxylation sites is 2. The highest BCUT2D eigenvalue weighted by molar-refractivity contribution is 7.89. The van der Waals surface area contributed by atoms with Crippen molar-refractivity contribution in [2.24, 2.45) is 0 Å². The van der Waals surface area contributed by atoms with Crippen LogP contribution in [-0.2, 0) is 21.2 Å². The SMILES string of the molecule is COc1ccccc1N1CCN(c2ccc(S(=O)(=O)NC(Cc3ccccc3)C(=O)O)cc2)CC1. The lowest BCUT2D eigenvalue weighted by Gasteiger charge is -2.37. The van der Waals surface area contributed by atoms with E-state index in [1.54, 1.807) is 43.5 Å². The van der Waals surface area contributed by atoms with Crippen molar-refractivity contribution in [2.75, 3.05) is 43.1 Å². The number of carboxylic acids is 1. The molecule has 1 saturated heterocycles. The minimum absolute atomic E-state index is 0.0354. The number of nitrogens with zero attached hydrogens (tertiary/aromatic N) is 2. The van der Waals surface area contributed by atoms with E-state index in [-0.39, 0.29) is 11.3 Å². The van der Waals surface area contributed by atoms with Crippen molar-refractivity contribution in [1.29, 1.82) is 0 Å². The Balaban J connectivity index is 1.40. The maximum Gasteiger partial charge on any atom is 0.322 e. The van der Waals surface area contributed by atoms with Crippen molar-refractivity contribution in [1.82, 2.24) is 4.72 Å². The first kappa shape index (κ1) is 24.6. The average Bonchev–Trinajstić information content (AvgIpc) is 2.89. The molecule has 1 aliphatic heterocycles. The summed E-state index contributed by atoms with van der Waals surface area (Å²) < 4.78 is 33.6. The number of anilines is 2. The maximum absolute atomic E-state index is 12.9. The molecule has 1 unspecified atom stereocenters. The fourth-order valence-electron chi connectivity index (χ4n) is 4.22. The summed E-state index contributed by atoms with van der Waals surface area (Å²) in [4.78, 5) is 16.2. The van der Waals surface area contributed by atoms with E-state index in [0.717, 1.165) is 48.9 Å². The number of methoxy groups -OCH3 is 1. The Bertz CT molecular complexity index is 1240. The molecule has 0 saturated carbocycles. The Morgan fingerprint density at radius 2 is 1.51 bits per heavy atom. The van der Waals surface area contributed by atoms with Crippen LogP contribution in [0.5, 0.6) is 5.75 Å². The van der Waals surface area contributed by atoms with E-state index in [1.165, 1.54) is 12.1 Å². The minimum atomic E-state index is -4.00. The van der Waals surface area contributed by atoms with Gasteiger partial charge < -0.3 is 19.6 Å². The molecule has 3 aromatic carbocycles. The van der Waals surface area contributed by atoms with Crippen LogP contribution in [0.4, 0.5) is 11.4 Å². The molecule has 0 amide bonds. The first-order chi connectivity index (χ1) is 16.9. The fourth-order valence-corrected chi connectivity index (χ4v) is 5.41. The van der Waals surface area contributed by atoms with Crippen LogP contribution >= 0.6 is 0 Å². The van der Waals surface area contributed by atoms with Crippen LogP contribution < -0.4 is 19.3 Å². The number of hydrogen-bond donors (Lipinski definition) is 2. The molecule has 1 atom stereocenters. The second-order valence-electron chi connectivity index (χ2n) is 8.34. The summed E-state index contributed by atoms with van der Waals surface area (Å²) in [6.45, 7) is 3.17. The van der Waals surface area contributed by atoms with E-state index in [1.807, 2.05) is 30.3 Å². The number of hydrogen-bond acceptors (Lipinski definition) is 6. The molecule has 0 spiro atoms. The second kappa shape index (κ2) is 10.8. The Kier molecular flexibility index (Phi) is 7.57. The van der Waals surface area contributed by atoms with Crippen molar-refractivity contribution in [3.63, 3.8) is 0 Å². The quantitative estimate of drug-likeness (QED) is 0.471. The third-order valence-electron chi connectivity index (χ3n) is 6.10. The summed E-state index contributed by atoms with van der Waals surface area (Å²) in [6.07, 6.45) is 0.0595. The zero-order valence-corrected chi connectivity index (χ0v) is 20.3. The predicted molar refractivity (Wildman–Crippen MR) is 136 cm³/mol. The number of sulfonamides is 1. The summed E-state index contributed by atoms with van der Waals surface area (Å²) in [5, 5.41) is 9.55. The molecule has 0 radical (unpaired) electrons. The lowest BCUT2D eigenvalue weighted by Crippen LogP contribution is -2.46. The third-order valence-corrected chi connectivity index (χ3v) is 7.58. The predicted octanol–water partition coefficient (Wildman–Crippen LogP) is 3.00. The first-order valence-electron chi connectivity index (χ1n) is 11.4. The number of aliphatic carboxylic acids is 1. The highest BCUT2D eigenvalue weighted by Gasteiger charge is 2.26. The topological polar surface area (TPSA) is 99.2 Å². The molecule has 1 aliphatic rings. The number of nitrogens with one attached hydrogen (secondary N) is 1. The molecule has 1 heterocycles. The van der Waals surface area contributed by atoms with Crippen LogP contribution in [0.3, 0.4) is 0 Å². The number of piperazine rings is 1. The number of carbonyl (C=O) groups is 1. The van der Waals surface area contributed by atoms with Gasteiger partial charge in [-0.1, -0.05) is 42.5 Å². The summed E-state index contributed by atoms with van der Waals surface area (Å²) in [6, 6.07) is 22.2. The van der Waals surface area contributed by atoms with Gasteiger partial charge in [-0.05, 0) is 48.4 Å². The molecule has 35 heavy (non-hydrogen) atoms. The van der Waals surface area contributed by atoms with Crippen molar-refractivity contribution in [3.05, 3.63) is 84.4 Å². The zero-order valence-electron chi connectivity index (χ0n) is 19.5. The number of ether oxygens (including phenoxy) is 1. The van der Waals surface area contributed by atoms with Gasteiger partial charge in [0, 0.05) is 31.9 Å². The Hall–Kier alpha value is -3.56. The van der Waals surface area contributed by atoms with Crippen LogP contribution in [0.2, 0.25) is 0 Å². The van der Waals surface area contributed by atoms with E-state index in [9.17, 15) is 18.3 Å². The van der Waals surface area contributed by atoms with Crippen molar-refractivity contribution in [3.8, 4) is 5.75 Å². The van der Waals surface area contributed by atoms with Gasteiger partial charge in [0.15, 0.2) is 0 Å². The molecule has 184 valence electrons. The van der Waals surface area contributed by atoms with Crippen molar-refractivity contribution >= 4 is 27.4 Å². The van der Waals surface area contributed by atoms with Gasteiger partial charge in [0.05, 0.1) is 17.7 Å².